The molecule has 0 aliphatic carbocycles. The van der Waals surface area contributed by atoms with Crippen LogP contribution in [0.1, 0.15) is 28.9 Å². The molecule has 7 heteroatoms. The van der Waals surface area contributed by atoms with Gasteiger partial charge in [0, 0.05) is 5.56 Å². The molecule has 0 aliphatic heterocycles. The number of carbonyl (C=O) groups excluding carboxylic acids is 2. The van der Waals surface area contributed by atoms with Gasteiger partial charge in [-0.15, -0.1) is 0 Å². The summed E-state index contributed by atoms with van der Waals surface area (Å²) in [7, 11) is -3.96. The molecule has 0 heterocycles. The number of ketones is 1. The van der Waals surface area contributed by atoms with E-state index in [0.717, 1.165) is 0 Å². The molecule has 0 spiro atoms. The van der Waals surface area contributed by atoms with Crippen LogP contribution in [0.5, 0.6) is 0 Å². The summed E-state index contributed by atoms with van der Waals surface area (Å²) in [5.41, 5.74) is 6.16. The monoisotopic (exact) mass is 332 g/mol. The minimum absolute atomic E-state index is 0.0512. The molecule has 0 aromatic heterocycles. The largest absolute Gasteiger partial charge is 0.368 e. The van der Waals surface area contributed by atoms with Gasteiger partial charge in [0.15, 0.2) is 5.78 Å². The van der Waals surface area contributed by atoms with Crippen LogP contribution in [-0.2, 0) is 14.8 Å². The van der Waals surface area contributed by atoms with Crippen molar-refractivity contribution in [3.05, 3.63) is 65.7 Å². The summed E-state index contributed by atoms with van der Waals surface area (Å²) in [4.78, 5) is 22.8. The number of benzene rings is 2. The van der Waals surface area contributed by atoms with Crippen LogP contribution in [0.15, 0.2) is 59.5 Å². The first-order chi connectivity index (χ1) is 10.8. The van der Waals surface area contributed by atoms with Gasteiger partial charge in [-0.2, -0.15) is 4.72 Å². The average Bonchev–Trinajstić information content (AvgIpc) is 2.53. The Labute approximate surface area is 134 Å². The topological polar surface area (TPSA) is 106 Å². The van der Waals surface area contributed by atoms with Crippen LogP contribution < -0.4 is 10.5 Å². The van der Waals surface area contributed by atoms with Crippen molar-refractivity contribution in [2.45, 2.75) is 17.9 Å². The van der Waals surface area contributed by atoms with E-state index < -0.39 is 22.0 Å². The molecule has 0 aliphatic rings. The number of Topliss-reactive ketones (excluding diaryl/α,β-unsaturated/α-hetero) is 1. The van der Waals surface area contributed by atoms with Crippen LogP contribution in [0.3, 0.4) is 0 Å². The van der Waals surface area contributed by atoms with Gasteiger partial charge < -0.3 is 5.73 Å². The number of sulfonamides is 1. The van der Waals surface area contributed by atoms with E-state index in [-0.39, 0.29) is 10.7 Å². The molecule has 0 saturated carbocycles. The van der Waals surface area contributed by atoms with Gasteiger partial charge in [0.25, 0.3) is 0 Å². The number of nitrogens with two attached hydrogens (primary N) is 1. The highest BCUT2D eigenvalue weighted by atomic mass is 32.2. The highest BCUT2D eigenvalue weighted by Crippen LogP contribution is 2.17. The van der Waals surface area contributed by atoms with Gasteiger partial charge in [0.05, 0.1) is 4.90 Å². The van der Waals surface area contributed by atoms with Crippen molar-refractivity contribution in [2.75, 3.05) is 0 Å². The Morgan fingerprint density at radius 1 is 1.00 bits per heavy atom. The second kappa shape index (κ2) is 6.72. The molecule has 0 saturated heterocycles. The van der Waals surface area contributed by atoms with E-state index in [1.807, 2.05) is 0 Å². The molecule has 2 rings (SSSR count). The van der Waals surface area contributed by atoms with Gasteiger partial charge in [-0.1, -0.05) is 42.5 Å². The number of hydrogen-bond donors (Lipinski definition) is 2. The smallest absolute Gasteiger partial charge is 0.241 e. The third-order valence-electron chi connectivity index (χ3n) is 3.26. The van der Waals surface area contributed by atoms with Crippen molar-refractivity contribution in [1.29, 1.82) is 0 Å². The van der Waals surface area contributed by atoms with E-state index in [9.17, 15) is 18.0 Å². The minimum atomic E-state index is -3.96. The molecule has 23 heavy (non-hydrogen) atoms. The van der Waals surface area contributed by atoms with Crippen molar-refractivity contribution in [2.24, 2.45) is 5.73 Å². The maximum absolute atomic E-state index is 12.4. The lowest BCUT2D eigenvalue weighted by Gasteiger charge is -2.16. The van der Waals surface area contributed by atoms with E-state index in [0.29, 0.717) is 11.1 Å². The lowest BCUT2D eigenvalue weighted by atomic mass is 10.1. The SMILES string of the molecule is CC(=O)c1ccc(S(=O)(=O)N[C@@H](C(N)=O)c2ccccc2)cc1. The van der Waals surface area contributed by atoms with Crippen molar-refractivity contribution in [3.63, 3.8) is 0 Å². The normalized spacial score (nSPS) is 12.6. The summed E-state index contributed by atoms with van der Waals surface area (Å²) in [6, 6.07) is 12.6. The summed E-state index contributed by atoms with van der Waals surface area (Å²) in [5.74, 6) is -0.971. The summed E-state index contributed by atoms with van der Waals surface area (Å²) < 4.78 is 27.1. The lowest BCUT2D eigenvalue weighted by molar-refractivity contribution is -0.119. The van der Waals surface area contributed by atoms with Crippen LogP contribution in [0.2, 0.25) is 0 Å². The summed E-state index contributed by atoms with van der Waals surface area (Å²) in [5, 5.41) is 0. The predicted molar refractivity (Wildman–Crippen MR) is 85.1 cm³/mol. The first kappa shape index (κ1) is 16.9. The number of nitrogens with one attached hydrogen (secondary N) is 1. The van der Waals surface area contributed by atoms with Gasteiger partial charge in [0.2, 0.25) is 15.9 Å². The molecule has 0 bridgehead atoms. The van der Waals surface area contributed by atoms with E-state index >= 15 is 0 Å². The molecular weight excluding hydrogens is 316 g/mol. The zero-order chi connectivity index (χ0) is 17.0. The third-order valence-corrected chi connectivity index (χ3v) is 4.70. The quantitative estimate of drug-likeness (QED) is 0.780. The van der Waals surface area contributed by atoms with E-state index in [1.165, 1.54) is 31.2 Å². The molecule has 0 fully saturated rings. The number of rotatable bonds is 6. The summed E-state index contributed by atoms with van der Waals surface area (Å²) in [6.45, 7) is 1.39. The first-order valence-electron chi connectivity index (χ1n) is 6.79. The predicted octanol–water partition coefficient (Wildman–Crippen LogP) is 1.39. The van der Waals surface area contributed by atoms with Crippen LogP contribution in [0.4, 0.5) is 0 Å². The molecule has 1 amide bonds. The maximum Gasteiger partial charge on any atom is 0.241 e. The second-order valence-electron chi connectivity index (χ2n) is 4.95. The van der Waals surface area contributed by atoms with E-state index in [4.69, 9.17) is 5.73 Å². The highest BCUT2D eigenvalue weighted by Gasteiger charge is 2.25. The van der Waals surface area contributed by atoms with Crippen LogP contribution in [-0.4, -0.2) is 20.1 Å². The van der Waals surface area contributed by atoms with Crippen molar-refractivity contribution in [1.82, 2.24) is 4.72 Å². The van der Waals surface area contributed by atoms with Crippen molar-refractivity contribution in [3.8, 4) is 0 Å². The Hall–Kier alpha value is -2.51. The Bertz CT molecular complexity index is 815. The second-order valence-corrected chi connectivity index (χ2v) is 6.66. The maximum atomic E-state index is 12.4. The van der Waals surface area contributed by atoms with E-state index in [1.54, 1.807) is 30.3 Å². The Morgan fingerprint density at radius 2 is 1.57 bits per heavy atom. The van der Waals surface area contributed by atoms with Crippen LogP contribution >= 0.6 is 0 Å². The lowest BCUT2D eigenvalue weighted by Crippen LogP contribution is -2.37. The standard InChI is InChI=1S/C16H16N2O4S/c1-11(19)12-7-9-14(10-8-12)23(21,22)18-15(16(17)20)13-5-3-2-4-6-13/h2-10,15,18H,1H3,(H2,17,20)/t15-/m1/s1. The fraction of sp³-hybridized carbons (Fsp3) is 0.125. The van der Waals surface area contributed by atoms with Crippen molar-refractivity contribution >= 4 is 21.7 Å². The Morgan fingerprint density at radius 3 is 2.04 bits per heavy atom. The van der Waals surface area contributed by atoms with Gasteiger partial charge in [-0.3, -0.25) is 9.59 Å². The number of primary amides is 1. The molecule has 120 valence electrons. The zero-order valence-electron chi connectivity index (χ0n) is 12.4. The summed E-state index contributed by atoms with van der Waals surface area (Å²) >= 11 is 0. The fourth-order valence-corrected chi connectivity index (χ4v) is 3.22. The molecular formula is C16H16N2O4S. The minimum Gasteiger partial charge on any atom is -0.368 e. The zero-order valence-corrected chi connectivity index (χ0v) is 13.2. The van der Waals surface area contributed by atoms with Crippen LogP contribution in [0.25, 0.3) is 0 Å². The average molecular weight is 332 g/mol. The van der Waals surface area contributed by atoms with Gasteiger partial charge in [0.1, 0.15) is 6.04 Å². The molecule has 2 aromatic rings. The fourth-order valence-electron chi connectivity index (χ4n) is 2.03. The molecule has 3 N–H and O–H groups in total. The first-order valence-corrected chi connectivity index (χ1v) is 8.27. The van der Waals surface area contributed by atoms with Gasteiger partial charge in [-0.05, 0) is 24.6 Å². The number of carbonyl (C=O) groups is 2. The Kier molecular flexibility index (Phi) is 4.92. The number of hydrogen-bond acceptors (Lipinski definition) is 4. The molecule has 1 atom stereocenters. The molecule has 2 aromatic carbocycles. The molecule has 0 radical (unpaired) electrons. The molecule has 0 unspecified atom stereocenters. The number of amides is 1. The van der Waals surface area contributed by atoms with E-state index in [2.05, 4.69) is 4.72 Å². The third kappa shape index (κ3) is 4.02. The van der Waals surface area contributed by atoms with Crippen LogP contribution in [0, 0.1) is 0 Å². The molecule has 6 nitrogen and oxygen atoms in total. The van der Waals surface area contributed by atoms with Crippen molar-refractivity contribution < 1.29 is 18.0 Å². The summed E-state index contributed by atoms with van der Waals surface area (Å²) in [6.07, 6.45) is 0. The highest BCUT2D eigenvalue weighted by molar-refractivity contribution is 7.89. The van der Waals surface area contributed by atoms with Gasteiger partial charge >= 0.3 is 0 Å². The van der Waals surface area contributed by atoms with Gasteiger partial charge in [-0.25, -0.2) is 8.42 Å². The Balaban J connectivity index is 2.31.